The predicted molar refractivity (Wildman–Crippen MR) is 94.6 cm³/mol. The van der Waals surface area contributed by atoms with Crippen LogP contribution in [0.1, 0.15) is 37.4 Å². The summed E-state index contributed by atoms with van der Waals surface area (Å²) in [5.74, 6) is 0.619. The molecule has 3 rings (SSSR count). The molecule has 0 saturated heterocycles. The summed E-state index contributed by atoms with van der Waals surface area (Å²) in [6, 6.07) is 24.0. The zero-order chi connectivity index (χ0) is 15.5. The van der Waals surface area contributed by atoms with Crippen molar-refractivity contribution in [3.8, 4) is 16.9 Å². The first-order chi connectivity index (χ1) is 10.7. The largest absolute Gasteiger partial charge is 0.314 e. The smallest absolute Gasteiger partial charge is 0.0531 e. The van der Waals surface area contributed by atoms with E-state index in [0.29, 0.717) is 5.92 Å². The molecule has 0 N–H and O–H groups in total. The van der Waals surface area contributed by atoms with E-state index >= 15 is 0 Å². The highest BCUT2D eigenvalue weighted by Crippen LogP contribution is 2.27. The van der Waals surface area contributed by atoms with E-state index in [9.17, 15) is 0 Å². The Morgan fingerprint density at radius 1 is 0.864 bits per heavy atom. The van der Waals surface area contributed by atoms with Gasteiger partial charge in [0.25, 0.3) is 0 Å². The highest BCUT2D eigenvalue weighted by Gasteiger charge is 2.10. The van der Waals surface area contributed by atoms with Gasteiger partial charge in [-0.05, 0) is 54.7 Å². The van der Waals surface area contributed by atoms with Crippen molar-refractivity contribution in [1.29, 1.82) is 0 Å². The van der Waals surface area contributed by atoms with Crippen LogP contribution >= 0.6 is 0 Å². The van der Waals surface area contributed by atoms with Crippen molar-refractivity contribution < 1.29 is 0 Å². The molecule has 22 heavy (non-hydrogen) atoms. The molecule has 1 heteroatoms. The fourth-order valence-electron chi connectivity index (χ4n) is 2.90. The molecular formula is C21H23N. The first-order valence-corrected chi connectivity index (χ1v) is 8.04. The fourth-order valence-corrected chi connectivity index (χ4v) is 2.90. The monoisotopic (exact) mass is 289 g/mol. The molecule has 2 aromatic carbocycles. The highest BCUT2D eigenvalue weighted by atomic mass is 15.0. The molecule has 0 bridgehead atoms. The van der Waals surface area contributed by atoms with Crippen LogP contribution in [-0.4, -0.2) is 4.57 Å². The average molecular weight is 289 g/mol. The second kappa shape index (κ2) is 6.23. The van der Waals surface area contributed by atoms with Gasteiger partial charge in [-0.15, -0.1) is 0 Å². The van der Waals surface area contributed by atoms with Crippen molar-refractivity contribution >= 4 is 0 Å². The van der Waals surface area contributed by atoms with Crippen LogP contribution in [-0.2, 0) is 0 Å². The van der Waals surface area contributed by atoms with Gasteiger partial charge in [0.05, 0.1) is 5.69 Å². The third-order valence-corrected chi connectivity index (χ3v) is 4.48. The summed E-state index contributed by atoms with van der Waals surface area (Å²) in [5.41, 5.74) is 6.40. The summed E-state index contributed by atoms with van der Waals surface area (Å²) in [5, 5.41) is 0. The highest BCUT2D eigenvalue weighted by molar-refractivity contribution is 5.64. The zero-order valence-electron chi connectivity index (χ0n) is 13.6. The van der Waals surface area contributed by atoms with Crippen LogP contribution in [0.25, 0.3) is 16.9 Å². The van der Waals surface area contributed by atoms with Crippen LogP contribution in [0, 0.1) is 6.92 Å². The van der Waals surface area contributed by atoms with E-state index in [1.165, 1.54) is 34.6 Å². The van der Waals surface area contributed by atoms with Crippen LogP contribution in [0.3, 0.4) is 0 Å². The van der Waals surface area contributed by atoms with Gasteiger partial charge in [-0.25, -0.2) is 0 Å². The second-order valence-corrected chi connectivity index (χ2v) is 5.96. The molecule has 0 aliphatic rings. The molecule has 0 fully saturated rings. The molecule has 1 atom stereocenters. The van der Waals surface area contributed by atoms with Gasteiger partial charge in [0.1, 0.15) is 0 Å². The Morgan fingerprint density at radius 3 is 2.18 bits per heavy atom. The van der Waals surface area contributed by atoms with Gasteiger partial charge in [-0.2, -0.15) is 0 Å². The molecule has 0 saturated carbocycles. The topological polar surface area (TPSA) is 4.93 Å². The number of hydrogen-bond donors (Lipinski definition) is 0. The predicted octanol–water partition coefficient (Wildman–Crippen LogP) is 5.97. The first kappa shape index (κ1) is 14.6. The van der Waals surface area contributed by atoms with E-state index < -0.39 is 0 Å². The summed E-state index contributed by atoms with van der Waals surface area (Å²) >= 11 is 0. The third kappa shape index (κ3) is 2.71. The summed E-state index contributed by atoms with van der Waals surface area (Å²) in [6.07, 6.45) is 1.18. The van der Waals surface area contributed by atoms with Gasteiger partial charge < -0.3 is 4.57 Å². The standard InChI is InChI=1S/C21H23N/c1-4-16(2)18-11-13-20(14-12-18)22-17(3)10-15-21(22)19-8-6-5-7-9-19/h5-16H,4H2,1-3H3. The maximum Gasteiger partial charge on any atom is 0.0531 e. The molecule has 1 heterocycles. The summed E-state index contributed by atoms with van der Waals surface area (Å²) in [4.78, 5) is 0. The van der Waals surface area contributed by atoms with Gasteiger partial charge >= 0.3 is 0 Å². The lowest BCUT2D eigenvalue weighted by atomic mass is 9.98. The molecule has 1 aromatic heterocycles. The zero-order valence-corrected chi connectivity index (χ0v) is 13.6. The van der Waals surface area contributed by atoms with E-state index in [2.05, 4.69) is 92.1 Å². The van der Waals surface area contributed by atoms with Crippen molar-refractivity contribution in [2.24, 2.45) is 0 Å². The van der Waals surface area contributed by atoms with E-state index in [1.807, 2.05) is 0 Å². The Kier molecular flexibility index (Phi) is 4.15. The lowest BCUT2D eigenvalue weighted by molar-refractivity contribution is 0.733. The summed E-state index contributed by atoms with van der Waals surface area (Å²) in [6.45, 7) is 6.68. The van der Waals surface area contributed by atoms with Crippen molar-refractivity contribution in [2.45, 2.75) is 33.1 Å². The Morgan fingerprint density at radius 2 is 1.55 bits per heavy atom. The minimum atomic E-state index is 0.619. The Balaban J connectivity index is 2.04. The van der Waals surface area contributed by atoms with Crippen molar-refractivity contribution in [2.75, 3.05) is 0 Å². The van der Waals surface area contributed by atoms with Crippen LogP contribution in [0.4, 0.5) is 0 Å². The van der Waals surface area contributed by atoms with E-state index in [4.69, 9.17) is 0 Å². The number of benzene rings is 2. The molecular weight excluding hydrogens is 266 g/mol. The number of nitrogens with zero attached hydrogens (tertiary/aromatic N) is 1. The minimum absolute atomic E-state index is 0.619. The normalized spacial score (nSPS) is 12.3. The molecule has 1 nitrogen and oxygen atoms in total. The van der Waals surface area contributed by atoms with E-state index in [0.717, 1.165) is 0 Å². The van der Waals surface area contributed by atoms with Gasteiger partial charge in [0, 0.05) is 11.4 Å². The number of aryl methyl sites for hydroxylation is 1. The minimum Gasteiger partial charge on any atom is -0.314 e. The van der Waals surface area contributed by atoms with Crippen molar-refractivity contribution in [1.82, 2.24) is 4.57 Å². The van der Waals surface area contributed by atoms with Crippen molar-refractivity contribution in [3.05, 3.63) is 78.0 Å². The number of hydrogen-bond acceptors (Lipinski definition) is 0. The molecule has 0 amide bonds. The second-order valence-electron chi connectivity index (χ2n) is 5.96. The Labute approximate surface area is 133 Å². The van der Waals surface area contributed by atoms with Gasteiger partial charge in [0.2, 0.25) is 0 Å². The molecule has 0 spiro atoms. The quantitative estimate of drug-likeness (QED) is 0.558. The lowest BCUT2D eigenvalue weighted by Crippen LogP contribution is -2.00. The van der Waals surface area contributed by atoms with Gasteiger partial charge in [-0.1, -0.05) is 56.3 Å². The molecule has 0 radical (unpaired) electrons. The van der Waals surface area contributed by atoms with Crippen LogP contribution < -0.4 is 0 Å². The maximum atomic E-state index is 2.33. The molecule has 112 valence electrons. The molecule has 0 aliphatic heterocycles. The fraction of sp³-hybridized carbons (Fsp3) is 0.238. The molecule has 3 aromatic rings. The maximum absolute atomic E-state index is 2.33. The van der Waals surface area contributed by atoms with E-state index in [1.54, 1.807) is 0 Å². The van der Waals surface area contributed by atoms with Crippen LogP contribution in [0.5, 0.6) is 0 Å². The van der Waals surface area contributed by atoms with E-state index in [-0.39, 0.29) is 0 Å². The Hall–Kier alpha value is -2.28. The lowest BCUT2D eigenvalue weighted by Gasteiger charge is -2.14. The third-order valence-electron chi connectivity index (χ3n) is 4.48. The first-order valence-electron chi connectivity index (χ1n) is 8.04. The number of aromatic nitrogens is 1. The van der Waals surface area contributed by atoms with Gasteiger partial charge in [0.15, 0.2) is 0 Å². The average Bonchev–Trinajstić information content (AvgIpc) is 2.96. The molecule has 1 unspecified atom stereocenters. The summed E-state index contributed by atoms with van der Waals surface area (Å²) < 4.78 is 2.33. The van der Waals surface area contributed by atoms with Crippen LogP contribution in [0.2, 0.25) is 0 Å². The molecule has 0 aliphatic carbocycles. The number of rotatable bonds is 4. The van der Waals surface area contributed by atoms with Crippen molar-refractivity contribution in [3.63, 3.8) is 0 Å². The Bertz CT molecular complexity index is 735. The summed E-state index contributed by atoms with van der Waals surface area (Å²) in [7, 11) is 0. The van der Waals surface area contributed by atoms with Crippen LogP contribution in [0.15, 0.2) is 66.7 Å². The SMILES string of the molecule is CCC(C)c1ccc(-n2c(C)ccc2-c2ccccc2)cc1. The van der Waals surface area contributed by atoms with Gasteiger partial charge in [-0.3, -0.25) is 0 Å².